The molecule has 3 heterocycles. The van der Waals surface area contributed by atoms with Gasteiger partial charge in [-0.2, -0.15) is 0 Å². The summed E-state index contributed by atoms with van der Waals surface area (Å²) in [6, 6.07) is 50.8. The number of benzene rings is 6. The summed E-state index contributed by atoms with van der Waals surface area (Å²) in [4.78, 5) is 10.4. The Balaban J connectivity index is 1.26. The molecule has 0 N–H and O–H groups in total. The van der Waals surface area contributed by atoms with Crippen molar-refractivity contribution in [1.82, 2.24) is 9.97 Å². The SMILES string of the molecule is c1ccc(-c2ccc3nc(C4Cc5cccc6c5-c5c4c4sc7ccccc7c4c4cccc(c54)-c4ccccc4-6)ccc3n2)cc1. The minimum atomic E-state index is 0.111. The number of hydrogen-bond acceptors (Lipinski definition) is 3. The highest BCUT2D eigenvalue weighted by Gasteiger charge is 2.36. The third-order valence-electron chi connectivity index (χ3n) is 10.4. The molecule has 0 aliphatic heterocycles. The van der Waals surface area contributed by atoms with Crippen LogP contribution in [-0.4, -0.2) is 9.97 Å². The van der Waals surface area contributed by atoms with Gasteiger partial charge in [0.2, 0.25) is 0 Å². The van der Waals surface area contributed by atoms with Crippen molar-refractivity contribution < 1.29 is 0 Å². The van der Waals surface area contributed by atoms with Crippen LogP contribution in [0.4, 0.5) is 0 Å². The van der Waals surface area contributed by atoms with Crippen LogP contribution in [0.1, 0.15) is 22.7 Å². The molecule has 0 radical (unpaired) electrons. The minimum absolute atomic E-state index is 0.111. The largest absolute Gasteiger partial charge is 0.251 e. The topological polar surface area (TPSA) is 25.8 Å². The predicted molar refractivity (Wildman–Crippen MR) is 197 cm³/mol. The van der Waals surface area contributed by atoms with E-state index < -0.39 is 0 Å². The highest BCUT2D eigenvalue weighted by atomic mass is 32.1. The lowest BCUT2D eigenvalue weighted by molar-refractivity contribution is 0.778. The van der Waals surface area contributed by atoms with E-state index >= 15 is 0 Å². The lowest BCUT2D eigenvalue weighted by Gasteiger charge is -2.31. The van der Waals surface area contributed by atoms with Crippen molar-refractivity contribution in [2.75, 3.05) is 0 Å². The van der Waals surface area contributed by atoms with Gasteiger partial charge in [0.1, 0.15) is 0 Å². The van der Waals surface area contributed by atoms with E-state index in [2.05, 4.69) is 133 Å². The van der Waals surface area contributed by atoms with Crippen LogP contribution in [0, 0.1) is 0 Å². The molecule has 218 valence electrons. The molecular weight excluding hydrogens is 589 g/mol. The van der Waals surface area contributed by atoms with Gasteiger partial charge in [-0.1, -0.05) is 109 Å². The monoisotopic (exact) mass is 614 g/mol. The maximum Gasteiger partial charge on any atom is 0.0894 e. The van der Waals surface area contributed by atoms with E-state index in [1.54, 1.807) is 0 Å². The summed E-state index contributed by atoms with van der Waals surface area (Å²) < 4.78 is 2.73. The number of pyridine rings is 2. The van der Waals surface area contributed by atoms with E-state index in [0.29, 0.717) is 0 Å². The molecule has 3 heteroatoms. The Morgan fingerprint density at radius 1 is 0.511 bits per heavy atom. The third kappa shape index (κ3) is 3.49. The molecule has 9 aromatic rings. The maximum atomic E-state index is 5.39. The Morgan fingerprint density at radius 3 is 2.13 bits per heavy atom. The molecule has 0 spiro atoms. The van der Waals surface area contributed by atoms with Crippen molar-refractivity contribution in [2.24, 2.45) is 0 Å². The van der Waals surface area contributed by atoms with Crippen LogP contribution in [0.25, 0.3) is 86.6 Å². The molecule has 6 aromatic carbocycles. The summed E-state index contributed by atoms with van der Waals surface area (Å²) >= 11 is 1.94. The highest BCUT2D eigenvalue weighted by molar-refractivity contribution is 7.26. The number of thiophene rings is 1. The van der Waals surface area contributed by atoms with Gasteiger partial charge in [-0.25, -0.2) is 4.98 Å². The molecule has 1 unspecified atom stereocenters. The van der Waals surface area contributed by atoms with Crippen molar-refractivity contribution in [3.63, 3.8) is 0 Å². The Hall–Kier alpha value is -5.64. The van der Waals surface area contributed by atoms with Crippen molar-refractivity contribution in [3.05, 3.63) is 156 Å². The number of aromatic nitrogens is 2. The van der Waals surface area contributed by atoms with Crippen molar-refractivity contribution >= 4 is 53.3 Å². The molecule has 2 nitrogen and oxygen atoms in total. The standard InChI is InChI=1S/C44H26N2S/c1-2-10-25(11-3-1)34-20-22-37-36(45-34)23-21-35(46-37)33-24-26-12-8-16-29-27-13-4-5-14-28(27)30-17-9-18-32-40(30)43(39(26)29)42(33)44-41(32)31-15-6-7-19-38(31)47-44/h1-23,33H,24H2. The molecule has 47 heavy (non-hydrogen) atoms. The number of fused-ring (bicyclic) bond motifs is 9. The summed E-state index contributed by atoms with van der Waals surface area (Å²) in [5.41, 5.74) is 16.0. The number of nitrogens with zero attached hydrogens (tertiary/aromatic N) is 2. The van der Waals surface area contributed by atoms with Crippen LogP contribution >= 0.6 is 11.3 Å². The van der Waals surface area contributed by atoms with Gasteiger partial charge in [-0.3, -0.25) is 4.98 Å². The summed E-state index contributed by atoms with van der Waals surface area (Å²) in [6.45, 7) is 0. The number of hydrogen-bond donors (Lipinski definition) is 0. The van der Waals surface area contributed by atoms with Crippen LogP contribution in [-0.2, 0) is 6.42 Å². The average molecular weight is 615 g/mol. The second kappa shape index (κ2) is 9.45. The van der Waals surface area contributed by atoms with Gasteiger partial charge in [0.25, 0.3) is 0 Å². The Kier molecular flexibility index (Phi) is 5.13. The molecule has 0 saturated heterocycles. The zero-order valence-electron chi connectivity index (χ0n) is 25.4. The summed E-state index contributed by atoms with van der Waals surface area (Å²) in [5, 5.41) is 5.43. The van der Waals surface area contributed by atoms with Gasteiger partial charge < -0.3 is 0 Å². The van der Waals surface area contributed by atoms with Crippen molar-refractivity contribution in [3.8, 4) is 44.6 Å². The molecular formula is C44H26N2S. The zero-order chi connectivity index (χ0) is 30.6. The highest BCUT2D eigenvalue weighted by Crippen LogP contribution is 2.58. The van der Waals surface area contributed by atoms with Crippen LogP contribution in [0.5, 0.6) is 0 Å². The van der Waals surface area contributed by atoms with E-state index in [1.807, 2.05) is 17.4 Å². The number of rotatable bonds is 2. The van der Waals surface area contributed by atoms with E-state index in [-0.39, 0.29) is 5.92 Å². The molecule has 1 atom stereocenters. The third-order valence-corrected chi connectivity index (χ3v) is 11.6. The van der Waals surface area contributed by atoms with E-state index in [1.165, 1.54) is 75.5 Å². The minimum Gasteiger partial charge on any atom is -0.251 e. The van der Waals surface area contributed by atoms with Crippen molar-refractivity contribution in [1.29, 1.82) is 0 Å². The van der Waals surface area contributed by atoms with Gasteiger partial charge in [-0.05, 0) is 92.0 Å². The lowest BCUT2D eigenvalue weighted by Crippen LogP contribution is -2.15. The molecule has 0 amide bonds. The van der Waals surface area contributed by atoms with Crippen LogP contribution in [0.2, 0.25) is 0 Å². The molecule has 11 rings (SSSR count). The van der Waals surface area contributed by atoms with Gasteiger partial charge in [0.15, 0.2) is 0 Å². The predicted octanol–water partition coefficient (Wildman–Crippen LogP) is 11.8. The summed E-state index contributed by atoms with van der Waals surface area (Å²) in [6.07, 6.45) is 0.906. The Morgan fingerprint density at radius 2 is 1.21 bits per heavy atom. The van der Waals surface area contributed by atoms with Gasteiger partial charge in [-0.15, -0.1) is 11.3 Å². The molecule has 2 aliphatic rings. The van der Waals surface area contributed by atoms with Crippen LogP contribution < -0.4 is 0 Å². The summed E-state index contributed by atoms with van der Waals surface area (Å²) in [5.74, 6) is 0.111. The van der Waals surface area contributed by atoms with Gasteiger partial charge >= 0.3 is 0 Å². The van der Waals surface area contributed by atoms with E-state index in [0.717, 1.165) is 34.4 Å². The molecule has 0 fully saturated rings. The average Bonchev–Trinajstić information content (AvgIpc) is 3.48. The Labute approximate surface area is 275 Å². The smallest absolute Gasteiger partial charge is 0.0894 e. The fourth-order valence-electron chi connectivity index (χ4n) is 8.40. The van der Waals surface area contributed by atoms with Crippen LogP contribution in [0.15, 0.2) is 140 Å². The normalized spacial score (nSPS) is 14.5. The van der Waals surface area contributed by atoms with Gasteiger partial charge in [0, 0.05) is 37.3 Å². The molecule has 3 aromatic heterocycles. The first kappa shape index (κ1) is 25.5. The molecule has 0 bridgehead atoms. The lowest BCUT2D eigenvalue weighted by atomic mass is 9.73. The van der Waals surface area contributed by atoms with Crippen molar-refractivity contribution in [2.45, 2.75) is 12.3 Å². The fraction of sp³-hybridized carbons (Fsp3) is 0.0455. The fourth-order valence-corrected chi connectivity index (χ4v) is 9.73. The first-order valence-corrected chi connectivity index (χ1v) is 17.1. The first-order valence-electron chi connectivity index (χ1n) is 16.3. The maximum absolute atomic E-state index is 5.39. The summed E-state index contributed by atoms with van der Waals surface area (Å²) in [7, 11) is 0. The second-order valence-corrected chi connectivity index (χ2v) is 13.9. The van der Waals surface area contributed by atoms with E-state index in [9.17, 15) is 0 Å². The van der Waals surface area contributed by atoms with Gasteiger partial charge in [0.05, 0.1) is 16.7 Å². The molecule has 0 saturated carbocycles. The van der Waals surface area contributed by atoms with Crippen LogP contribution in [0.3, 0.4) is 0 Å². The molecule has 2 aliphatic carbocycles. The Bertz CT molecular complexity index is 2770. The van der Waals surface area contributed by atoms with E-state index in [4.69, 9.17) is 9.97 Å². The zero-order valence-corrected chi connectivity index (χ0v) is 26.2. The first-order chi connectivity index (χ1) is 23.3. The quantitative estimate of drug-likeness (QED) is 0.194. The second-order valence-electron chi connectivity index (χ2n) is 12.8.